The lowest BCUT2D eigenvalue weighted by Gasteiger charge is -2.12. The minimum Gasteiger partial charge on any atom is -0.371 e. The Bertz CT molecular complexity index is 266. The zero-order valence-electron chi connectivity index (χ0n) is 9.95. The molecule has 0 aliphatic carbocycles. The van der Waals surface area contributed by atoms with Gasteiger partial charge in [0.25, 0.3) is 0 Å². The van der Waals surface area contributed by atoms with Crippen LogP contribution in [0.2, 0.25) is 0 Å². The Morgan fingerprint density at radius 1 is 1.33 bits per heavy atom. The number of thiazole rings is 1. The van der Waals surface area contributed by atoms with E-state index in [2.05, 4.69) is 24.2 Å². The molecular weight excluding hydrogens is 206 g/mol. The lowest BCUT2D eigenvalue weighted by atomic mass is 10.2. The van der Waals surface area contributed by atoms with Crippen LogP contribution >= 0.6 is 11.3 Å². The first-order valence-corrected chi connectivity index (χ1v) is 6.75. The molecule has 0 aromatic carbocycles. The van der Waals surface area contributed by atoms with E-state index in [9.17, 15) is 0 Å². The van der Waals surface area contributed by atoms with Gasteiger partial charge in [-0.3, -0.25) is 0 Å². The van der Waals surface area contributed by atoms with Gasteiger partial charge in [0, 0.05) is 12.0 Å². The second-order valence-electron chi connectivity index (χ2n) is 3.66. The molecule has 15 heavy (non-hydrogen) atoms. The van der Waals surface area contributed by atoms with Gasteiger partial charge in [0.05, 0.1) is 5.69 Å². The molecule has 0 aliphatic rings. The molecule has 0 amide bonds. The number of rotatable bonds is 7. The van der Waals surface area contributed by atoms with Gasteiger partial charge >= 0.3 is 0 Å². The fourth-order valence-electron chi connectivity index (χ4n) is 1.58. The Hall–Kier alpha value is -0.410. The molecule has 1 heterocycles. The average molecular weight is 227 g/mol. The normalized spacial score (nSPS) is 13.0. The molecule has 0 bridgehead atoms. The summed E-state index contributed by atoms with van der Waals surface area (Å²) in [6.45, 7) is 7.19. The maximum absolute atomic E-state index is 5.71. The first-order chi connectivity index (χ1) is 7.31. The van der Waals surface area contributed by atoms with E-state index in [1.807, 2.05) is 6.92 Å². The van der Waals surface area contributed by atoms with E-state index < -0.39 is 0 Å². The van der Waals surface area contributed by atoms with Crippen LogP contribution in [0.15, 0.2) is 5.38 Å². The highest BCUT2D eigenvalue weighted by Crippen LogP contribution is 2.26. The molecule has 0 spiro atoms. The Labute approximate surface area is 96.7 Å². The van der Waals surface area contributed by atoms with Gasteiger partial charge in [0.15, 0.2) is 0 Å². The number of ether oxygens (including phenoxy) is 1. The Morgan fingerprint density at radius 2 is 2.13 bits per heavy atom. The van der Waals surface area contributed by atoms with Crippen molar-refractivity contribution in [2.75, 3.05) is 6.61 Å². The molecule has 86 valence electrons. The maximum Gasteiger partial charge on any atom is 0.122 e. The summed E-state index contributed by atoms with van der Waals surface area (Å²) in [4.78, 5) is 4.63. The summed E-state index contributed by atoms with van der Waals surface area (Å²) in [5.41, 5.74) is 1.22. The monoisotopic (exact) mass is 227 g/mol. The van der Waals surface area contributed by atoms with E-state index >= 15 is 0 Å². The highest BCUT2D eigenvalue weighted by atomic mass is 32.1. The number of nitrogens with zero attached hydrogens (tertiary/aromatic N) is 1. The third-order valence-corrected chi connectivity index (χ3v) is 3.26. The van der Waals surface area contributed by atoms with Crippen molar-refractivity contribution in [3.05, 3.63) is 16.1 Å². The quantitative estimate of drug-likeness (QED) is 0.703. The number of aromatic nitrogens is 1. The lowest BCUT2D eigenvalue weighted by Crippen LogP contribution is -2.03. The van der Waals surface area contributed by atoms with Gasteiger partial charge in [-0.2, -0.15) is 0 Å². The molecule has 3 heteroatoms. The molecular formula is C12H21NOS. The fourth-order valence-corrected chi connectivity index (χ4v) is 2.52. The van der Waals surface area contributed by atoms with Crippen LogP contribution in [0.1, 0.15) is 56.8 Å². The van der Waals surface area contributed by atoms with Crippen LogP contribution in [0.5, 0.6) is 0 Å². The molecule has 1 aromatic heterocycles. The van der Waals surface area contributed by atoms with Crippen LogP contribution in [0.3, 0.4) is 0 Å². The summed E-state index contributed by atoms with van der Waals surface area (Å²) in [5.74, 6) is 0. The molecule has 0 saturated carbocycles. The van der Waals surface area contributed by atoms with E-state index in [1.54, 1.807) is 11.3 Å². The second kappa shape index (κ2) is 6.96. The fraction of sp³-hybridized carbons (Fsp3) is 0.750. The second-order valence-corrected chi connectivity index (χ2v) is 4.55. The topological polar surface area (TPSA) is 22.1 Å². The van der Waals surface area contributed by atoms with Gasteiger partial charge in [-0.15, -0.1) is 11.3 Å². The first-order valence-electron chi connectivity index (χ1n) is 5.87. The molecule has 0 radical (unpaired) electrons. The third-order valence-electron chi connectivity index (χ3n) is 2.27. The predicted octanol–water partition coefficient (Wildman–Crippen LogP) is 3.97. The molecule has 1 aromatic rings. The first kappa shape index (κ1) is 12.7. The van der Waals surface area contributed by atoms with Gasteiger partial charge in [-0.05, 0) is 19.8 Å². The van der Waals surface area contributed by atoms with Crippen molar-refractivity contribution in [3.63, 3.8) is 0 Å². The van der Waals surface area contributed by atoms with Gasteiger partial charge in [0.1, 0.15) is 11.1 Å². The Balaban J connectivity index is 2.63. The van der Waals surface area contributed by atoms with Gasteiger partial charge in [-0.1, -0.05) is 26.7 Å². The highest BCUT2D eigenvalue weighted by Gasteiger charge is 2.14. The van der Waals surface area contributed by atoms with Crippen molar-refractivity contribution >= 4 is 11.3 Å². The van der Waals surface area contributed by atoms with E-state index in [0.717, 1.165) is 37.3 Å². The van der Waals surface area contributed by atoms with Crippen LogP contribution in [0.4, 0.5) is 0 Å². The SMILES string of the molecule is CCCc1csc(C(CCC)OCC)n1. The van der Waals surface area contributed by atoms with Crippen molar-refractivity contribution in [1.82, 2.24) is 4.98 Å². The largest absolute Gasteiger partial charge is 0.371 e. The summed E-state index contributed by atoms with van der Waals surface area (Å²) in [5, 5.41) is 3.32. The molecule has 1 unspecified atom stereocenters. The highest BCUT2D eigenvalue weighted by molar-refractivity contribution is 7.09. The van der Waals surface area contributed by atoms with E-state index in [-0.39, 0.29) is 6.10 Å². The van der Waals surface area contributed by atoms with Crippen LogP contribution in [0, 0.1) is 0 Å². The molecule has 0 fully saturated rings. The van der Waals surface area contributed by atoms with E-state index in [4.69, 9.17) is 4.74 Å². The van der Waals surface area contributed by atoms with Crippen LogP contribution in [-0.4, -0.2) is 11.6 Å². The number of aryl methyl sites for hydroxylation is 1. The molecule has 2 nitrogen and oxygen atoms in total. The summed E-state index contributed by atoms with van der Waals surface area (Å²) >= 11 is 1.74. The minimum absolute atomic E-state index is 0.218. The third kappa shape index (κ3) is 3.92. The standard InChI is InChI=1S/C12H21NOS/c1-4-7-10-9-15-12(13-10)11(8-5-2)14-6-3/h9,11H,4-8H2,1-3H3. The summed E-state index contributed by atoms with van der Waals surface area (Å²) in [6, 6.07) is 0. The van der Waals surface area contributed by atoms with Gasteiger partial charge in [0.2, 0.25) is 0 Å². The molecule has 0 aliphatic heterocycles. The molecule has 0 saturated heterocycles. The van der Waals surface area contributed by atoms with Crippen LogP contribution < -0.4 is 0 Å². The summed E-state index contributed by atoms with van der Waals surface area (Å²) in [7, 11) is 0. The Kier molecular flexibility index (Phi) is 5.88. The number of hydrogen-bond donors (Lipinski definition) is 0. The maximum atomic E-state index is 5.71. The molecule has 1 atom stereocenters. The summed E-state index contributed by atoms with van der Waals surface area (Å²) < 4.78 is 5.71. The molecule has 0 N–H and O–H groups in total. The van der Waals surface area contributed by atoms with E-state index in [0.29, 0.717) is 0 Å². The number of hydrogen-bond acceptors (Lipinski definition) is 3. The van der Waals surface area contributed by atoms with Crippen molar-refractivity contribution in [2.45, 2.75) is 52.6 Å². The predicted molar refractivity (Wildman–Crippen MR) is 65.4 cm³/mol. The van der Waals surface area contributed by atoms with Gasteiger partial charge in [-0.25, -0.2) is 4.98 Å². The van der Waals surface area contributed by atoms with Crippen molar-refractivity contribution in [1.29, 1.82) is 0 Å². The van der Waals surface area contributed by atoms with E-state index in [1.165, 1.54) is 5.69 Å². The zero-order chi connectivity index (χ0) is 11.1. The van der Waals surface area contributed by atoms with Gasteiger partial charge < -0.3 is 4.74 Å². The average Bonchev–Trinajstić information content (AvgIpc) is 2.67. The zero-order valence-corrected chi connectivity index (χ0v) is 10.8. The van der Waals surface area contributed by atoms with Crippen LogP contribution in [-0.2, 0) is 11.2 Å². The summed E-state index contributed by atoms with van der Waals surface area (Å²) in [6.07, 6.45) is 4.69. The molecule has 1 rings (SSSR count). The minimum atomic E-state index is 0.218. The lowest BCUT2D eigenvalue weighted by molar-refractivity contribution is 0.0554. The smallest absolute Gasteiger partial charge is 0.122 e. The van der Waals surface area contributed by atoms with Crippen LogP contribution in [0.25, 0.3) is 0 Å². The van der Waals surface area contributed by atoms with Crippen molar-refractivity contribution in [3.8, 4) is 0 Å². The van der Waals surface area contributed by atoms with Crippen molar-refractivity contribution in [2.24, 2.45) is 0 Å². The Morgan fingerprint density at radius 3 is 2.73 bits per heavy atom. The van der Waals surface area contributed by atoms with Crippen molar-refractivity contribution < 1.29 is 4.74 Å².